The molecule has 1 aromatic carbocycles. The smallest absolute Gasteiger partial charge is 0.222 e. The number of nitrogens with zero attached hydrogens (tertiary/aromatic N) is 2. The van der Waals surface area contributed by atoms with Gasteiger partial charge in [0.15, 0.2) is 0 Å². The van der Waals surface area contributed by atoms with Gasteiger partial charge in [-0.05, 0) is 31.0 Å². The van der Waals surface area contributed by atoms with Crippen molar-refractivity contribution >= 4 is 22.5 Å². The molecule has 2 aromatic rings. The Morgan fingerprint density at radius 2 is 2.25 bits per heavy atom. The van der Waals surface area contributed by atoms with Crippen molar-refractivity contribution in [3.8, 4) is 0 Å². The van der Waals surface area contributed by atoms with Gasteiger partial charge in [-0.15, -0.1) is 0 Å². The zero-order valence-corrected chi connectivity index (χ0v) is 11.7. The summed E-state index contributed by atoms with van der Waals surface area (Å²) in [6.45, 7) is 3.64. The van der Waals surface area contributed by atoms with Crippen molar-refractivity contribution in [1.29, 1.82) is 0 Å². The summed E-state index contributed by atoms with van der Waals surface area (Å²) in [7, 11) is 0. The Labute approximate surface area is 118 Å². The van der Waals surface area contributed by atoms with Crippen LogP contribution in [0.15, 0.2) is 24.4 Å². The number of rotatable bonds is 3. The maximum absolute atomic E-state index is 11.6. The summed E-state index contributed by atoms with van der Waals surface area (Å²) < 4.78 is 0. The van der Waals surface area contributed by atoms with Gasteiger partial charge in [-0.1, -0.05) is 6.92 Å². The molecule has 0 bridgehead atoms. The summed E-state index contributed by atoms with van der Waals surface area (Å²) in [4.78, 5) is 13.6. The monoisotopic (exact) mass is 272 g/mol. The Hall–Kier alpha value is -2.04. The van der Waals surface area contributed by atoms with Crippen LogP contribution in [0.1, 0.15) is 26.2 Å². The van der Waals surface area contributed by atoms with Crippen LogP contribution < -0.4 is 5.32 Å². The lowest BCUT2D eigenvalue weighted by molar-refractivity contribution is -0.131. The van der Waals surface area contributed by atoms with Crippen LogP contribution >= 0.6 is 0 Å². The number of fused-ring (bicyclic) bond motifs is 1. The molecule has 3 rings (SSSR count). The SMILES string of the molecule is CCC(=O)N1CCC(Nc2ccc3[nH]ncc3c2)CC1. The summed E-state index contributed by atoms with van der Waals surface area (Å²) in [6, 6.07) is 6.67. The number of hydrogen-bond donors (Lipinski definition) is 2. The largest absolute Gasteiger partial charge is 0.382 e. The minimum Gasteiger partial charge on any atom is -0.382 e. The minimum absolute atomic E-state index is 0.267. The standard InChI is InChI=1S/C15H20N4O/c1-2-15(20)19-7-5-12(6-8-19)17-13-3-4-14-11(9-13)10-16-18-14/h3-4,9-10,12,17H,2,5-8H2,1H3,(H,16,18). The molecule has 2 N–H and O–H groups in total. The van der Waals surface area contributed by atoms with E-state index in [0.717, 1.165) is 42.5 Å². The van der Waals surface area contributed by atoms with Crippen LogP contribution in [0.2, 0.25) is 0 Å². The van der Waals surface area contributed by atoms with E-state index < -0.39 is 0 Å². The molecule has 1 aliphatic heterocycles. The third-order valence-corrected chi connectivity index (χ3v) is 3.96. The van der Waals surface area contributed by atoms with Crippen molar-refractivity contribution in [2.45, 2.75) is 32.2 Å². The van der Waals surface area contributed by atoms with E-state index in [1.807, 2.05) is 24.1 Å². The molecular formula is C15H20N4O. The molecule has 1 fully saturated rings. The fraction of sp³-hybridized carbons (Fsp3) is 0.467. The van der Waals surface area contributed by atoms with Gasteiger partial charge in [-0.25, -0.2) is 0 Å². The predicted molar refractivity (Wildman–Crippen MR) is 79.6 cm³/mol. The van der Waals surface area contributed by atoms with E-state index in [9.17, 15) is 4.79 Å². The average molecular weight is 272 g/mol. The molecule has 1 aliphatic rings. The highest BCUT2D eigenvalue weighted by Gasteiger charge is 2.21. The molecule has 1 amide bonds. The second-order valence-electron chi connectivity index (χ2n) is 5.32. The number of aromatic nitrogens is 2. The van der Waals surface area contributed by atoms with Gasteiger partial charge in [0, 0.05) is 36.6 Å². The van der Waals surface area contributed by atoms with Crippen LogP contribution in [0.4, 0.5) is 5.69 Å². The minimum atomic E-state index is 0.267. The van der Waals surface area contributed by atoms with Gasteiger partial charge in [0.1, 0.15) is 0 Å². The summed E-state index contributed by atoms with van der Waals surface area (Å²) >= 11 is 0. The van der Waals surface area contributed by atoms with Gasteiger partial charge in [0.05, 0.1) is 11.7 Å². The third kappa shape index (κ3) is 2.61. The van der Waals surface area contributed by atoms with E-state index in [0.29, 0.717) is 12.5 Å². The van der Waals surface area contributed by atoms with Crippen molar-refractivity contribution in [1.82, 2.24) is 15.1 Å². The fourth-order valence-corrected chi connectivity index (χ4v) is 2.77. The molecule has 0 unspecified atom stereocenters. The molecule has 5 heteroatoms. The highest BCUT2D eigenvalue weighted by Crippen LogP contribution is 2.20. The number of amides is 1. The van der Waals surface area contributed by atoms with Gasteiger partial charge < -0.3 is 10.2 Å². The Balaban J connectivity index is 1.60. The zero-order valence-electron chi connectivity index (χ0n) is 11.7. The first-order valence-electron chi connectivity index (χ1n) is 7.23. The molecule has 0 spiro atoms. The second-order valence-corrected chi connectivity index (χ2v) is 5.32. The number of likely N-dealkylation sites (tertiary alicyclic amines) is 1. The molecule has 0 saturated carbocycles. The van der Waals surface area contributed by atoms with E-state index in [2.05, 4.69) is 27.6 Å². The van der Waals surface area contributed by atoms with Crippen molar-refractivity contribution in [3.05, 3.63) is 24.4 Å². The van der Waals surface area contributed by atoms with Crippen molar-refractivity contribution < 1.29 is 4.79 Å². The molecule has 20 heavy (non-hydrogen) atoms. The highest BCUT2D eigenvalue weighted by molar-refractivity contribution is 5.81. The normalized spacial score (nSPS) is 16.6. The van der Waals surface area contributed by atoms with Crippen LogP contribution in [0, 0.1) is 0 Å². The van der Waals surface area contributed by atoms with E-state index in [4.69, 9.17) is 0 Å². The van der Waals surface area contributed by atoms with Gasteiger partial charge in [-0.2, -0.15) is 5.10 Å². The van der Waals surface area contributed by atoms with Crippen LogP contribution in [-0.4, -0.2) is 40.1 Å². The first-order valence-corrected chi connectivity index (χ1v) is 7.23. The number of carbonyl (C=O) groups excluding carboxylic acids is 1. The number of benzene rings is 1. The fourth-order valence-electron chi connectivity index (χ4n) is 2.77. The number of H-pyrrole nitrogens is 1. The maximum Gasteiger partial charge on any atom is 0.222 e. The van der Waals surface area contributed by atoms with Crippen molar-refractivity contribution in [2.24, 2.45) is 0 Å². The molecule has 106 valence electrons. The first-order chi connectivity index (χ1) is 9.76. The summed E-state index contributed by atoms with van der Waals surface area (Å²) in [6.07, 6.45) is 4.46. The molecule has 0 aliphatic carbocycles. The van der Waals surface area contributed by atoms with Gasteiger partial charge >= 0.3 is 0 Å². The molecule has 1 aromatic heterocycles. The van der Waals surface area contributed by atoms with Crippen molar-refractivity contribution in [2.75, 3.05) is 18.4 Å². The molecular weight excluding hydrogens is 252 g/mol. The molecule has 2 heterocycles. The van der Waals surface area contributed by atoms with Crippen LogP contribution in [-0.2, 0) is 4.79 Å². The van der Waals surface area contributed by atoms with E-state index in [1.54, 1.807) is 0 Å². The number of anilines is 1. The topological polar surface area (TPSA) is 61.0 Å². The van der Waals surface area contributed by atoms with E-state index in [1.165, 1.54) is 0 Å². The van der Waals surface area contributed by atoms with Crippen molar-refractivity contribution in [3.63, 3.8) is 0 Å². The van der Waals surface area contributed by atoms with Gasteiger partial charge in [-0.3, -0.25) is 9.89 Å². The van der Waals surface area contributed by atoms with Gasteiger partial charge in [0.25, 0.3) is 0 Å². The molecule has 1 saturated heterocycles. The summed E-state index contributed by atoms with van der Waals surface area (Å²) in [5, 5.41) is 11.7. The summed E-state index contributed by atoms with van der Waals surface area (Å²) in [5.74, 6) is 0.267. The Kier molecular flexibility index (Phi) is 3.58. The number of carbonyl (C=O) groups is 1. The Bertz CT molecular complexity index is 599. The third-order valence-electron chi connectivity index (χ3n) is 3.96. The first kappa shape index (κ1) is 13.0. The van der Waals surface area contributed by atoms with E-state index >= 15 is 0 Å². The van der Waals surface area contributed by atoms with Crippen LogP contribution in [0.3, 0.4) is 0 Å². The van der Waals surface area contributed by atoms with Crippen LogP contribution in [0.25, 0.3) is 10.9 Å². The Morgan fingerprint density at radius 1 is 1.45 bits per heavy atom. The van der Waals surface area contributed by atoms with Crippen LogP contribution in [0.5, 0.6) is 0 Å². The average Bonchev–Trinajstić information content (AvgIpc) is 2.95. The number of aromatic amines is 1. The molecule has 5 nitrogen and oxygen atoms in total. The van der Waals surface area contributed by atoms with Gasteiger partial charge in [0.2, 0.25) is 5.91 Å². The molecule has 0 radical (unpaired) electrons. The number of nitrogens with one attached hydrogen (secondary N) is 2. The number of piperidine rings is 1. The molecule has 0 atom stereocenters. The predicted octanol–water partition coefficient (Wildman–Crippen LogP) is 2.38. The highest BCUT2D eigenvalue weighted by atomic mass is 16.2. The van der Waals surface area contributed by atoms with E-state index in [-0.39, 0.29) is 5.91 Å². The second kappa shape index (κ2) is 5.53. The Morgan fingerprint density at radius 3 is 3.00 bits per heavy atom. The quantitative estimate of drug-likeness (QED) is 0.901. The lowest BCUT2D eigenvalue weighted by Crippen LogP contribution is -2.42. The number of hydrogen-bond acceptors (Lipinski definition) is 3. The summed E-state index contributed by atoms with van der Waals surface area (Å²) in [5.41, 5.74) is 2.18. The zero-order chi connectivity index (χ0) is 13.9. The maximum atomic E-state index is 11.6. The lowest BCUT2D eigenvalue weighted by Gasteiger charge is -2.32. The lowest BCUT2D eigenvalue weighted by atomic mass is 10.0.